The minimum Gasteiger partial charge on any atom is -0.329 e. The monoisotopic (exact) mass is 238 g/mol. The fraction of sp³-hybridized carbons (Fsp3) is 0.133. The number of nitrogens with one attached hydrogen (secondary N) is 1. The molecule has 1 saturated heterocycles. The molecule has 2 aromatic carbocycles. The van der Waals surface area contributed by atoms with Gasteiger partial charge < -0.3 is 5.32 Å². The highest BCUT2D eigenvalue weighted by Crippen LogP contribution is 2.24. The average Bonchev–Trinajstić information content (AvgIpc) is 2.83. The summed E-state index contributed by atoms with van der Waals surface area (Å²) in [6, 6.07) is 19.8. The number of carbonyl (C=O) groups is 1. The Hall–Kier alpha value is -2.29. The summed E-state index contributed by atoms with van der Waals surface area (Å²) in [5.41, 5.74) is 2.08. The Morgan fingerprint density at radius 2 is 1.56 bits per heavy atom. The highest BCUT2D eigenvalue weighted by atomic mass is 16.2. The van der Waals surface area contributed by atoms with E-state index in [1.165, 1.54) is 0 Å². The van der Waals surface area contributed by atoms with Gasteiger partial charge in [-0.1, -0.05) is 48.5 Å². The van der Waals surface area contributed by atoms with Crippen molar-refractivity contribution in [3.8, 4) is 0 Å². The van der Waals surface area contributed by atoms with E-state index in [4.69, 9.17) is 0 Å². The maximum Gasteiger partial charge on any atom is 0.322 e. The molecule has 90 valence electrons. The molecule has 1 fully saturated rings. The van der Waals surface area contributed by atoms with Crippen molar-refractivity contribution in [2.24, 2.45) is 0 Å². The van der Waals surface area contributed by atoms with Gasteiger partial charge in [-0.15, -0.1) is 0 Å². The zero-order valence-electron chi connectivity index (χ0n) is 9.91. The van der Waals surface area contributed by atoms with Gasteiger partial charge in [0.05, 0.1) is 12.6 Å². The smallest absolute Gasteiger partial charge is 0.322 e. The normalized spacial score (nSPS) is 18.8. The first-order valence-corrected chi connectivity index (χ1v) is 6.02. The Morgan fingerprint density at radius 3 is 2.22 bits per heavy atom. The number of amides is 2. The van der Waals surface area contributed by atoms with E-state index in [9.17, 15) is 4.79 Å². The van der Waals surface area contributed by atoms with Crippen LogP contribution >= 0.6 is 0 Å². The molecule has 0 spiro atoms. The number of hydrogen-bond donors (Lipinski definition) is 1. The van der Waals surface area contributed by atoms with Crippen LogP contribution in [0.2, 0.25) is 0 Å². The van der Waals surface area contributed by atoms with E-state index in [0.717, 1.165) is 11.3 Å². The fourth-order valence-corrected chi connectivity index (χ4v) is 2.24. The maximum absolute atomic E-state index is 12.0. The van der Waals surface area contributed by atoms with Crippen molar-refractivity contribution >= 4 is 11.7 Å². The second kappa shape index (κ2) is 4.53. The lowest BCUT2D eigenvalue weighted by atomic mass is 10.1. The second-order valence-electron chi connectivity index (χ2n) is 4.36. The minimum atomic E-state index is -0.0324. The number of nitrogens with zero attached hydrogens (tertiary/aromatic N) is 1. The van der Waals surface area contributed by atoms with Crippen LogP contribution in [0.4, 0.5) is 10.5 Å². The average molecular weight is 238 g/mol. The molecule has 0 radical (unpaired) electrons. The van der Waals surface area contributed by atoms with Gasteiger partial charge in [-0.3, -0.25) is 4.90 Å². The summed E-state index contributed by atoms with van der Waals surface area (Å²) < 4.78 is 0. The Labute approximate surface area is 106 Å². The van der Waals surface area contributed by atoms with Crippen molar-refractivity contribution in [3.63, 3.8) is 0 Å². The zero-order chi connectivity index (χ0) is 12.4. The number of rotatable bonds is 2. The van der Waals surface area contributed by atoms with E-state index in [2.05, 4.69) is 5.32 Å². The van der Waals surface area contributed by atoms with Gasteiger partial charge in [0, 0.05) is 5.69 Å². The van der Waals surface area contributed by atoms with Crippen LogP contribution in [0.25, 0.3) is 0 Å². The van der Waals surface area contributed by atoms with Gasteiger partial charge in [0.2, 0.25) is 0 Å². The molecule has 3 heteroatoms. The number of anilines is 1. The first kappa shape index (κ1) is 10.8. The van der Waals surface area contributed by atoms with Crippen molar-refractivity contribution in [1.82, 2.24) is 5.32 Å². The number of urea groups is 1. The molecule has 0 saturated carbocycles. The van der Waals surface area contributed by atoms with Crippen molar-refractivity contribution in [2.45, 2.75) is 6.04 Å². The minimum absolute atomic E-state index is 0.0324. The van der Waals surface area contributed by atoms with E-state index < -0.39 is 0 Å². The van der Waals surface area contributed by atoms with Crippen LogP contribution < -0.4 is 10.2 Å². The van der Waals surface area contributed by atoms with Gasteiger partial charge in [0.1, 0.15) is 0 Å². The van der Waals surface area contributed by atoms with Crippen molar-refractivity contribution in [1.29, 1.82) is 0 Å². The van der Waals surface area contributed by atoms with Gasteiger partial charge in [-0.05, 0) is 17.7 Å². The van der Waals surface area contributed by atoms with Crippen LogP contribution in [0.5, 0.6) is 0 Å². The Balaban J connectivity index is 1.83. The van der Waals surface area contributed by atoms with Crippen molar-refractivity contribution in [2.75, 3.05) is 11.4 Å². The van der Waals surface area contributed by atoms with E-state index >= 15 is 0 Å². The van der Waals surface area contributed by atoms with Crippen molar-refractivity contribution < 1.29 is 4.79 Å². The molecule has 2 aromatic rings. The molecule has 0 aliphatic carbocycles. The zero-order valence-corrected chi connectivity index (χ0v) is 9.91. The summed E-state index contributed by atoms with van der Waals surface area (Å²) in [6.45, 7) is 0.673. The molecule has 1 aliphatic rings. The van der Waals surface area contributed by atoms with Crippen molar-refractivity contribution in [3.05, 3.63) is 66.2 Å². The lowest BCUT2D eigenvalue weighted by Crippen LogP contribution is -2.27. The van der Waals surface area contributed by atoms with Crippen LogP contribution in [-0.4, -0.2) is 12.6 Å². The predicted molar refractivity (Wildman–Crippen MR) is 71.5 cm³/mol. The molecule has 18 heavy (non-hydrogen) atoms. The maximum atomic E-state index is 12.0. The molecule has 0 bridgehead atoms. The first-order valence-electron chi connectivity index (χ1n) is 6.02. The molecule has 3 nitrogen and oxygen atoms in total. The van der Waals surface area contributed by atoms with Crippen LogP contribution in [0.1, 0.15) is 11.6 Å². The first-order chi connectivity index (χ1) is 8.84. The summed E-state index contributed by atoms with van der Waals surface area (Å²) in [5.74, 6) is 0. The largest absolute Gasteiger partial charge is 0.329 e. The summed E-state index contributed by atoms with van der Waals surface area (Å²) >= 11 is 0. The van der Waals surface area contributed by atoms with E-state index in [-0.39, 0.29) is 12.1 Å². The van der Waals surface area contributed by atoms with Gasteiger partial charge in [-0.2, -0.15) is 0 Å². The summed E-state index contributed by atoms with van der Waals surface area (Å²) in [5, 5.41) is 3.01. The number of carbonyl (C=O) groups excluding carboxylic acids is 1. The second-order valence-corrected chi connectivity index (χ2v) is 4.36. The van der Waals surface area contributed by atoms with Gasteiger partial charge in [0.25, 0.3) is 0 Å². The topological polar surface area (TPSA) is 32.3 Å². The summed E-state index contributed by atoms with van der Waals surface area (Å²) in [4.78, 5) is 13.7. The predicted octanol–water partition coefficient (Wildman–Crippen LogP) is 2.96. The number of para-hydroxylation sites is 1. The summed E-state index contributed by atoms with van der Waals surface area (Å²) in [7, 11) is 0. The molecule has 1 aliphatic heterocycles. The van der Waals surface area contributed by atoms with Gasteiger partial charge in [-0.25, -0.2) is 4.79 Å². The lowest BCUT2D eigenvalue weighted by molar-refractivity contribution is 0.251. The van der Waals surface area contributed by atoms with E-state index in [0.29, 0.717) is 6.54 Å². The van der Waals surface area contributed by atoms with Gasteiger partial charge >= 0.3 is 6.03 Å². The highest BCUT2D eigenvalue weighted by Gasteiger charge is 2.30. The Morgan fingerprint density at radius 1 is 0.944 bits per heavy atom. The molecule has 1 unspecified atom stereocenters. The molecule has 1 atom stereocenters. The Bertz CT molecular complexity index is 539. The van der Waals surface area contributed by atoms with Crippen LogP contribution in [0.3, 0.4) is 0 Å². The van der Waals surface area contributed by atoms with Crippen LogP contribution in [0, 0.1) is 0 Å². The third kappa shape index (κ3) is 1.95. The molecular weight excluding hydrogens is 224 g/mol. The number of benzene rings is 2. The standard InChI is InChI=1S/C15H14N2O/c18-15-16-14(12-7-3-1-4-8-12)11-17(15)13-9-5-2-6-10-13/h1-10,14H,11H2,(H,16,18). The van der Waals surface area contributed by atoms with Crippen LogP contribution in [0.15, 0.2) is 60.7 Å². The third-order valence-electron chi connectivity index (χ3n) is 3.18. The molecule has 1 heterocycles. The third-order valence-corrected chi connectivity index (χ3v) is 3.18. The summed E-state index contributed by atoms with van der Waals surface area (Å²) in [6.07, 6.45) is 0. The Kier molecular flexibility index (Phi) is 2.73. The fourth-order valence-electron chi connectivity index (χ4n) is 2.24. The highest BCUT2D eigenvalue weighted by molar-refractivity contribution is 5.94. The lowest BCUT2D eigenvalue weighted by Gasteiger charge is -2.14. The molecule has 1 N–H and O–H groups in total. The van der Waals surface area contributed by atoms with E-state index in [1.54, 1.807) is 4.90 Å². The quantitative estimate of drug-likeness (QED) is 0.857. The number of hydrogen-bond acceptors (Lipinski definition) is 1. The molecular formula is C15H14N2O. The van der Waals surface area contributed by atoms with Gasteiger partial charge in [0.15, 0.2) is 0 Å². The van der Waals surface area contributed by atoms with Crippen LogP contribution in [-0.2, 0) is 0 Å². The SMILES string of the molecule is O=C1NC(c2ccccc2)CN1c1ccccc1. The molecule has 0 aromatic heterocycles. The molecule has 2 amide bonds. The van der Waals surface area contributed by atoms with E-state index in [1.807, 2.05) is 60.7 Å². The molecule has 3 rings (SSSR count).